The summed E-state index contributed by atoms with van der Waals surface area (Å²) >= 11 is 0. The maximum absolute atomic E-state index is 13.0. The van der Waals surface area contributed by atoms with Crippen molar-refractivity contribution in [1.29, 1.82) is 0 Å². The molecule has 9 heteroatoms. The van der Waals surface area contributed by atoms with Crippen molar-refractivity contribution in [3.8, 4) is 0 Å². The second kappa shape index (κ2) is 45.5. The van der Waals surface area contributed by atoms with Gasteiger partial charge in [0.2, 0.25) is 5.91 Å². The first kappa shape index (κ1) is 60.7. The lowest BCUT2D eigenvalue weighted by molar-refractivity contribution is -0.302. The van der Waals surface area contributed by atoms with Crippen LogP contribution in [-0.2, 0) is 14.3 Å². The number of aliphatic hydroxyl groups is 5. The van der Waals surface area contributed by atoms with E-state index < -0.39 is 49.5 Å². The van der Waals surface area contributed by atoms with Crippen molar-refractivity contribution < 1.29 is 39.8 Å². The summed E-state index contributed by atoms with van der Waals surface area (Å²) in [5.74, 6) is -0.157. The molecule has 64 heavy (non-hydrogen) atoms. The van der Waals surface area contributed by atoms with Crippen molar-refractivity contribution in [2.24, 2.45) is 0 Å². The molecule has 0 aromatic carbocycles. The van der Waals surface area contributed by atoms with E-state index in [0.717, 1.165) is 70.6 Å². The Bertz CT molecular complexity index is 1060. The highest BCUT2D eigenvalue weighted by atomic mass is 16.7. The molecule has 1 rings (SSSR count). The largest absolute Gasteiger partial charge is 0.394 e. The summed E-state index contributed by atoms with van der Waals surface area (Å²) in [5, 5.41) is 54.5. The molecule has 0 aliphatic carbocycles. The fourth-order valence-electron chi connectivity index (χ4n) is 8.91. The number of allylic oxidation sites excluding steroid dienone is 4. The van der Waals surface area contributed by atoms with Gasteiger partial charge in [-0.05, 0) is 38.5 Å². The molecule has 1 amide bonds. The number of hydrogen-bond acceptors (Lipinski definition) is 8. The number of hydrogen-bond donors (Lipinski definition) is 6. The van der Waals surface area contributed by atoms with Gasteiger partial charge in [-0.3, -0.25) is 4.79 Å². The number of nitrogens with one attached hydrogen (secondary N) is 1. The molecule has 0 aromatic heterocycles. The zero-order valence-electron chi connectivity index (χ0n) is 41.8. The Hall–Kier alpha value is -1.33. The standard InChI is InChI=1S/C55H105NO8/c1-3-5-7-9-11-13-15-17-18-19-20-21-22-23-24-25-26-27-28-29-30-31-33-34-36-38-40-42-44-49(58)48(47-63-55-54(62)53(61)52(60)50(46-57)64-55)56-51(59)45-43-41-39-37-35-32-16-14-12-10-8-6-4-2/h8,10,14,16,48-50,52-55,57-58,60-62H,3-7,9,11-13,15,17-47H2,1-2H3,(H,56,59)/b10-8-,16-14-. The van der Waals surface area contributed by atoms with Gasteiger partial charge in [-0.25, -0.2) is 0 Å². The van der Waals surface area contributed by atoms with Gasteiger partial charge in [0.15, 0.2) is 6.29 Å². The van der Waals surface area contributed by atoms with Crippen molar-refractivity contribution in [3.05, 3.63) is 24.3 Å². The Morgan fingerprint density at radius 2 is 0.953 bits per heavy atom. The van der Waals surface area contributed by atoms with Crippen LogP contribution in [0.4, 0.5) is 0 Å². The van der Waals surface area contributed by atoms with Crippen LogP contribution in [0.25, 0.3) is 0 Å². The van der Waals surface area contributed by atoms with Gasteiger partial charge >= 0.3 is 0 Å². The van der Waals surface area contributed by atoms with Crippen molar-refractivity contribution in [1.82, 2.24) is 5.32 Å². The molecule has 1 saturated heterocycles. The summed E-state index contributed by atoms with van der Waals surface area (Å²) in [7, 11) is 0. The third-order valence-corrected chi connectivity index (χ3v) is 13.3. The molecule has 1 fully saturated rings. The molecule has 0 saturated carbocycles. The minimum absolute atomic E-state index is 0.142. The van der Waals surface area contributed by atoms with E-state index in [4.69, 9.17) is 9.47 Å². The van der Waals surface area contributed by atoms with E-state index in [9.17, 15) is 30.3 Å². The second-order valence-electron chi connectivity index (χ2n) is 19.4. The first-order valence-electron chi connectivity index (χ1n) is 27.5. The summed E-state index contributed by atoms with van der Waals surface area (Å²) in [6, 6.07) is -0.725. The van der Waals surface area contributed by atoms with Gasteiger partial charge in [0.25, 0.3) is 0 Å². The summed E-state index contributed by atoms with van der Waals surface area (Å²) in [4.78, 5) is 13.0. The van der Waals surface area contributed by atoms with E-state index in [1.165, 1.54) is 167 Å². The Morgan fingerprint density at radius 3 is 1.41 bits per heavy atom. The molecule has 9 nitrogen and oxygen atoms in total. The van der Waals surface area contributed by atoms with Crippen LogP contribution in [0.5, 0.6) is 0 Å². The minimum atomic E-state index is -1.55. The normalized spacial score (nSPS) is 20.1. The van der Waals surface area contributed by atoms with Gasteiger partial charge < -0.3 is 40.3 Å². The molecule has 0 spiro atoms. The maximum Gasteiger partial charge on any atom is 0.220 e. The van der Waals surface area contributed by atoms with E-state index in [-0.39, 0.29) is 12.5 Å². The first-order chi connectivity index (χ1) is 31.3. The monoisotopic (exact) mass is 908 g/mol. The van der Waals surface area contributed by atoms with E-state index in [1.54, 1.807) is 0 Å². The fourth-order valence-corrected chi connectivity index (χ4v) is 8.91. The number of ether oxygens (including phenoxy) is 2. The highest BCUT2D eigenvalue weighted by molar-refractivity contribution is 5.76. The van der Waals surface area contributed by atoms with Crippen LogP contribution in [0.2, 0.25) is 0 Å². The van der Waals surface area contributed by atoms with E-state index in [1.807, 2.05) is 0 Å². The summed E-state index contributed by atoms with van der Waals surface area (Å²) in [5.41, 5.74) is 0. The third kappa shape index (κ3) is 34.9. The minimum Gasteiger partial charge on any atom is -0.394 e. The van der Waals surface area contributed by atoms with Crippen LogP contribution in [0.3, 0.4) is 0 Å². The van der Waals surface area contributed by atoms with Crippen molar-refractivity contribution in [2.75, 3.05) is 13.2 Å². The van der Waals surface area contributed by atoms with Gasteiger partial charge in [0.1, 0.15) is 24.4 Å². The Balaban J connectivity index is 2.16. The molecule has 378 valence electrons. The van der Waals surface area contributed by atoms with Gasteiger partial charge in [0, 0.05) is 6.42 Å². The van der Waals surface area contributed by atoms with E-state index in [0.29, 0.717) is 12.8 Å². The molecule has 6 N–H and O–H groups in total. The third-order valence-electron chi connectivity index (χ3n) is 13.3. The van der Waals surface area contributed by atoms with Crippen molar-refractivity contribution in [3.63, 3.8) is 0 Å². The maximum atomic E-state index is 13.0. The summed E-state index contributed by atoms with van der Waals surface area (Å²) in [6.45, 7) is 3.78. The predicted octanol–water partition coefficient (Wildman–Crippen LogP) is 13.0. The molecule has 0 bridgehead atoms. The van der Waals surface area contributed by atoms with Gasteiger partial charge in [-0.1, -0.05) is 244 Å². The lowest BCUT2D eigenvalue weighted by Crippen LogP contribution is -2.60. The average molecular weight is 908 g/mol. The Kier molecular flexibility index (Phi) is 43.1. The zero-order chi connectivity index (χ0) is 46.6. The van der Waals surface area contributed by atoms with Crippen LogP contribution in [-0.4, -0.2) is 87.5 Å². The fraction of sp³-hybridized carbons (Fsp3) is 0.909. The highest BCUT2D eigenvalue weighted by Crippen LogP contribution is 2.23. The molecular formula is C55H105NO8. The van der Waals surface area contributed by atoms with Crippen LogP contribution in [0.1, 0.15) is 264 Å². The van der Waals surface area contributed by atoms with E-state index in [2.05, 4.69) is 43.5 Å². The zero-order valence-corrected chi connectivity index (χ0v) is 41.8. The molecule has 7 unspecified atom stereocenters. The van der Waals surface area contributed by atoms with Crippen LogP contribution < -0.4 is 5.32 Å². The number of amides is 1. The first-order valence-corrected chi connectivity index (χ1v) is 27.5. The molecule has 1 aliphatic rings. The van der Waals surface area contributed by atoms with Crippen LogP contribution >= 0.6 is 0 Å². The Morgan fingerprint density at radius 1 is 0.531 bits per heavy atom. The number of carbonyl (C=O) groups is 1. The number of aliphatic hydroxyl groups excluding tert-OH is 5. The molecule has 0 radical (unpaired) electrons. The lowest BCUT2D eigenvalue weighted by atomic mass is 9.99. The predicted molar refractivity (Wildman–Crippen MR) is 267 cm³/mol. The lowest BCUT2D eigenvalue weighted by Gasteiger charge is -2.40. The molecule has 1 heterocycles. The number of carbonyl (C=O) groups excluding carboxylic acids is 1. The van der Waals surface area contributed by atoms with Gasteiger partial charge in [0.05, 0.1) is 25.4 Å². The second-order valence-corrected chi connectivity index (χ2v) is 19.4. The van der Waals surface area contributed by atoms with Crippen molar-refractivity contribution >= 4 is 5.91 Å². The smallest absolute Gasteiger partial charge is 0.220 e. The van der Waals surface area contributed by atoms with Crippen LogP contribution in [0, 0.1) is 0 Å². The average Bonchev–Trinajstić information content (AvgIpc) is 3.29. The quantitative estimate of drug-likeness (QED) is 0.0261. The van der Waals surface area contributed by atoms with Gasteiger partial charge in [-0.15, -0.1) is 0 Å². The van der Waals surface area contributed by atoms with Crippen molar-refractivity contribution in [2.45, 2.75) is 307 Å². The molecule has 7 atom stereocenters. The topological polar surface area (TPSA) is 149 Å². The van der Waals surface area contributed by atoms with Gasteiger partial charge in [-0.2, -0.15) is 0 Å². The summed E-state index contributed by atoms with van der Waals surface area (Å²) in [6.07, 6.45) is 49.3. The SMILES string of the molecule is CCC/C=C\C/C=C\CCCCCCCC(=O)NC(COC1OC(CO)C(O)C(O)C1O)C(O)CCCCCCCCCCCCCCCCCCCCCCCCCCCCCC. The van der Waals surface area contributed by atoms with E-state index >= 15 is 0 Å². The molecule has 1 aliphatic heterocycles. The molecule has 0 aromatic rings. The summed E-state index contributed by atoms with van der Waals surface area (Å²) < 4.78 is 11.3. The number of unbranched alkanes of at least 4 members (excludes halogenated alkanes) is 33. The molecular weight excluding hydrogens is 803 g/mol. The highest BCUT2D eigenvalue weighted by Gasteiger charge is 2.44. The number of rotatable bonds is 47. The van der Waals surface area contributed by atoms with Crippen LogP contribution in [0.15, 0.2) is 24.3 Å². The Labute approximate surface area is 394 Å².